The van der Waals surface area contributed by atoms with Crippen LogP contribution in [0.3, 0.4) is 0 Å². The molecule has 4 aromatic carbocycles. The number of nitro groups is 1. The van der Waals surface area contributed by atoms with Crippen LogP contribution in [0.1, 0.15) is 18.1 Å². The number of carbonyl (C=O) groups is 1. The maximum Gasteiger partial charge on any atom is 0.271 e. The molecule has 10 heteroatoms. The van der Waals surface area contributed by atoms with Crippen LogP contribution >= 0.6 is 34.2 Å². The topological polar surface area (TPSA) is 114 Å². The van der Waals surface area contributed by atoms with E-state index >= 15 is 0 Å². The van der Waals surface area contributed by atoms with Gasteiger partial charge < -0.3 is 14.8 Å². The van der Waals surface area contributed by atoms with Gasteiger partial charge in [-0.05, 0) is 75.7 Å². The summed E-state index contributed by atoms with van der Waals surface area (Å²) in [5.74, 6) is 0.258. The van der Waals surface area contributed by atoms with Gasteiger partial charge in [-0.25, -0.2) is 0 Å². The molecule has 0 saturated heterocycles. The number of rotatable bonds is 9. The molecule has 0 fully saturated rings. The second kappa shape index (κ2) is 12.6. The highest BCUT2D eigenvalue weighted by Crippen LogP contribution is 2.36. The lowest BCUT2D eigenvalue weighted by molar-refractivity contribution is -0.384. The minimum absolute atomic E-state index is 0.0267. The molecule has 0 spiro atoms. The Morgan fingerprint density at radius 3 is 2.64 bits per heavy atom. The SMILES string of the molecule is CCOc1cc(/C=C(\C#N)C(=O)Nc2cc([N+](=O)[O-])ccc2Cl)cc(I)c1OCc1cccc2ccccc12. The molecule has 0 aliphatic rings. The van der Waals surface area contributed by atoms with Gasteiger partial charge in [0.2, 0.25) is 0 Å². The number of nitrogens with zero attached hydrogens (tertiary/aromatic N) is 2. The number of anilines is 1. The van der Waals surface area contributed by atoms with Crippen molar-refractivity contribution in [2.24, 2.45) is 0 Å². The highest BCUT2D eigenvalue weighted by atomic mass is 127. The Morgan fingerprint density at radius 1 is 1.13 bits per heavy atom. The molecule has 0 bridgehead atoms. The van der Waals surface area contributed by atoms with E-state index in [1.165, 1.54) is 18.2 Å². The molecule has 0 aliphatic heterocycles. The largest absolute Gasteiger partial charge is 0.490 e. The van der Waals surface area contributed by atoms with Crippen molar-refractivity contribution < 1.29 is 19.2 Å². The summed E-state index contributed by atoms with van der Waals surface area (Å²) in [5, 5.41) is 25.5. The molecule has 4 rings (SSSR count). The molecular formula is C29H21ClIN3O5. The van der Waals surface area contributed by atoms with Crippen LogP contribution in [0.25, 0.3) is 16.8 Å². The van der Waals surface area contributed by atoms with Gasteiger partial charge in [-0.3, -0.25) is 14.9 Å². The number of nitriles is 1. The predicted molar refractivity (Wildman–Crippen MR) is 159 cm³/mol. The summed E-state index contributed by atoms with van der Waals surface area (Å²) in [7, 11) is 0. The highest BCUT2D eigenvalue weighted by Gasteiger charge is 2.17. The first-order chi connectivity index (χ1) is 18.8. The maximum atomic E-state index is 12.8. The lowest BCUT2D eigenvalue weighted by Crippen LogP contribution is -2.14. The Kier molecular flexibility index (Phi) is 9.01. The van der Waals surface area contributed by atoms with E-state index in [2.05, 4.69) is 27.9 Å². The number of fused-ring (bicyclic) bond motifs is 1. The van der Waals surface area contributed by atoms with Crippen LogP contribution in [0.2, 0.25) is 5.02 Å². The predicted octanol–water partition coefficient (Wildman–Crippen LogP) is 7.53. The van der Waals surface area contributed by atoms with Crippen LogP contribution in [0, 0.1) is 25.0 Å². The molecule has 0 aromatic heterocycles. The minimum atomic E-state index is -0.760. The zero-order valence-corrected chi connectivity index (χ0v) is 23.5. The molecule has 4 aromatic rings. The summed E-state index contributed by atoms with van der Waals surface area (Å²) in [4.78, 5) is 23.3. The number of nitro benzene ring substituents is 1. The van der Waals surface area contributed by atoms with E-state index in [1.807, 2.05) is 55.5 Å². The minimum Gasteiger partial charge on any atom is -0.490 e. The van der Waals surface area contributed by atoms with Crippen LogP contribution in [0.4, 0.5) is 11.4 Å². The van der Waals surface area contributed by atoms with Gasteiger partial charge >= 0.3 is 0 Å². The van der Waals surface area contributed by atoms with Gasteiger partial charge in [0, 0.05) is 12.1 Å². The van der Waals surface area contributed by atoms with Crippen molar-refractivity contribution in [3.63, 3.8) is 0 Å². The fourth-order valence-corrected chi connectivity index (χ4v) is 4.82. The van der Waals surface area contributed by atoms with Crippen molar-refractivity contribution in [1.29, 1.82) is 5.26 Å². The first-order valence-electron chi connectivity index (χ1n) is 11.7. The average Bonchev–Trinajstić information content (AvgIpc) is 2.92. The number of non-ortho nitro benzene ring substituents is 1. The van der Waals surface area contributed by atoms with Crippen LogP contribution in [-0.4, -0.2) is 17.4 Å². The first kappa shape index (κ1) is 27.9. The number of halogens is 2. The van der Waals surface area contributed by atoms with Crippen LogP contribution in [-0.2, 0) is 11.4 Å². The van der Waals surface area contributed by atoms with Gasteiger partial charge in [0.1, 0.15) is 18.2 Å². The Bertz CT molecular complexity index is 1640. The van der Waals surface area contributed by atoms with Crippen LogP contribution in [0.5, 0.6) is 11.5 Å². The third-order valence-corrected chi connectivity index (χ3v) is 6.80. The smallest absolute Gasteiger partial charge is 0.271 e. The van der Waals surface area contributed by atoms with Gasteiger partial charge in [-0.1, -0.05) is 54.1 Å². The van der Waals surface area contributed by atoms with Crippen molar-refractivity contribution >= 4 is 68.3 Å². The zero-order chi connectivity index (χ0) is 27.9. The van der Waals surface area contributed by atoms with Crippen molar-refractivity contribution in [3.8, 4) is 17.6 Å². The van der Waals surface area contributed by atoms with Crippen molar-refractivity contribution in [1.82, 2.24) is 0 Å². The standard InChI is InChI=1S/C29H21ClIN3O5/c1-2-38-27-14-18(12-21(16-32)29(35)33-26-15-22(34(36)37)10-11-24(26)30)13-25(31)28(27)39-17-20-8-5-7-19-6-3-4-9-23(19)20/h3-15H,2,17H2,1H3,(H,33,35)/b21-12+. The van der Waals surface area contributed by atoms with Crippen molar-refractivity contribution in [2.75, 3.05) is 11.9 Å². The summed E-state index contributed by atoms with van der Waals surface area (Å²) in [6.07, 6.45) is 1.40. The van der Waals surface area contributed by atoms with E-state index in [4.69, 9.17) is 21.1 Å². The van der Waals surface area contributed by atoms with Gasteiger partial charge in [-0.15, -0.1) is 0 Å². The van der Waals surface area contributed by atoms with E-state index in [0.29, 0.717) is 30.3 Å². The fraction of sp³-hybridized carbons (Fsp3) is 0.103. The summed E-state index contributed by atoms with van der Waals surface area (Å²) in [6.45, 7) is 2.55. The third-order valence-electron chi connectivity index (χ3n) is 5.67. The van der Waals surface area contributed by atoms with E-state index < -0.39 is 10.8 Å². The maximum absolute atomic E-state index is 12.8. The molecule has 0 aliphatic carbocycles. The summed E-state index contributed by atoms with van der Waals surface area (Å²) >= 11 is 8.20. The molecule has 8 nitrogen and oxygen atoms in total. The summed E-state index contributed by atoms with van der Waals surface area (Å²) in [6, 6.07) is 23.1. The van der Waals surface area contributed by atoms with Crippen LogP contribution in [0.15, 0.2) is 78.4 Å². The summed E-state index contributed by atoms with van der Waals surface area (Å²) < 4.78 is 12.8. The van der Waals surface area contributed by atoms with Gasteiger partial charge in [0.15, 0.2) is 11.5 Å². The molecule has 196 valence electrons. The number of hydrogen-bond acceptors (Lipinski definition) is 6. The first-order valence-corrected chi connectivity index (χ1v) is 13.2. The van der Waals surface area contributed by atoms with Gasteiger partial charge in [0.25, 0.3) is 11.6 Å². The molecule has 39 heavy (non-hydrogen) atoms. The zero-order valence-electron chi connectivity index (χ0n) is 20.6. The van der Waals surface area contributed by atoms with E-state index in [0.717, 1.165) is 26.0 Å². The number of amides is 1. The third kappa shape index (κ3) is 6.66. The Hall–Kier alpha value is -4.14. The van der Waals surface area contributed by atoms with E-state index in [9.17, 15) is 20.2 Å². The molecule has 0 heterocycles. The number of benzene rings is 4. The molecule has 0 saturated carbocycles. The lowest BCUT2D eigenvalue weighted by atomic mass is 10.1. The Balaban J connectivity index is 1.60. The van der Waals surface area contributed by atoms with E-state index in [1.54, 1.807) is 12.1 Å². The Labute approximate surface area is 243 Å². The van der Waals surface area contributed by atoms with Crippen LogP contribution < -0.4 is 14.8 Å². The van der Waals surface area contributed by atoms with Crippen molar-refractivity contribution in [2.45, 2.75) is 13.5 Å². The van der Waals surface area contributed by atoms with E-state index in [-0.39, 0.29) is 22.0 Å². The number of carbonyl (C=O) groups excluding carboxylic acids is 1. The lowest BCUT2D eigenvalue weighted by Gasteiger charge is -2.16. The van der Waals surface area contributed by atoms with Crippen molar-refractivity contribution in [3.05, 3.63) is 108 Å². The number of ether oxygens (including phenoxy) is 2. The normalized spacial score (nSPS) is 11.1. The number of hydrogen-bond donors (Lipinski definition) is 1. The molecule has 1 amide bonds. The highest BCUT2D eigenvalue weighted by molar-refractivity contribution is 14.1. The fourth-order valence-electron chi connectivity index (χ4n) is 3.87. The van der Waals surface area contributed by atoms with Gasteiger partial charge in [0.05, 0.1) is 25.8 Å². The number of nitrogens with one attached hydrogen (secondary N) is 1. The average molecular weight is 654 g/mol. The molecular weight excluding hydrogens is 633 g/mol. The van der Waals surface area contributed by atoms with Gasteiger partial charge in [-0.2, -0.15) is 5.26 Å². The molecule has 0 unspecified atom stereocenters. The molecule has 1 N–H and O–H groups in total. The molecule has 0 radical (unpaired) electrons. The summed E-state index contributed by atoms with van der Waals surface area (Å²) in [5.41, 5.74) is 1.13. The second-order valence-electron chi connectivity index (χ2n) is 8.24. The quantitative estimate of drug-likeness (QED) is 0.0657. The second-order valence-corrected chi connectivity index (χ2v) is 9.80. The monoisotopic (exact) mass is 653 g/mol. The molecule has 0 atom stereocenters. The Morgan fingerprint density at radius 2 is 1.90 bits per heavy atom.